The molecule has 0 aromatic carbocycles. The van der Waals surface area contributed by atoms with Crippen molar-refractivity contribution in [3.05, 3.63) is 0 Å². The summed E-state index contributed by atoms with van der Waals surface area (Å²) in [5.41, 5.74) is 5.10. The van der Waals surface area contributed by atoms with Crippen LogP contribution in [0.4, 0.5) is 0 Å². The van der Waals surface area contributed by atoms with Crippen LogP contribution in [0, 0.1) is 0 Å². The van der Waals surface area contributed by atoms with Crippen molar-refractivity contribution in [3.63, 3.8) is 0 Å². The van der Waals surface area contributed by atoms with Crippen molar-refractivity contribution in [2.75, 3.05) is 0 Å². The molecule has 3 N–H and O–H groups in total. The van der Waals surface area contributed by atoms with Crippen molar-refractivity contribution < 1.29 is 24.1 Å². The maximum absolute atomic E-state index is 12.5. The van der Waals surface area contributed by atoms with E-state index in [0.717, 1.165) is 19.3 Å². The van der Waals surface area contributed by atoms with Gasteiger partial charge in [-0.2, -0.15) is 0 Å². The second kappa shape index (κ2) is 20.3. The first-order chi connectivity index (χ1) is 17.0. The largest absolute Gasteiger partial charge is 0.477 e. The van der Waals surface area contributed by atoms with Crippen LogP contribution in [0.25, 0.3) is 0 Å². The monoisotopic (exact) mass is 515 g/mol. The lowest BCUT2D eigenvalue weighted by Crippen LogP contribution is -2.70. The molecule has 0 aliphatic carbocycles. The highest BCUT2D eigenvalue weighted by Crippen LogP contribution is 2.36. The molecule has 0 bridgehead atoms. The first kappa shape index (κ1) is 35.3. The number of carboxylic acid groups (broad SMARTS) is 1. The van der Waals surface area contributed by atoms with E-state index in [1.54, 1.807) is 27.7 Å². The number of aliphatic carboxylic acids is 1. The van der Waals surface area contributed by atoms with Gasteiger partial charge in [-0.1, -0.05) is 103 Å². The van der Waals surface area contributed by atoms with Crippen LogP contribution in [0.3, 0.4) is 0 Å². The standard InChI is InChI=1S/C30H61NO5/c1-8-9-10-11-12-13-14-15-16-17-18-19-20-21-22-23-24-29(31,34-25(2)3)30(28(32)33,35-26(4)5)36-27(6)7/h25-27H,8-24,31H2,1-7H3,(H,32,33). The molecule has 0 aliphatic rings. The average Bonchev–Trinajstić information content (AvgIpc) is 2.77. The Kier molecular flexibility index (Phi) is 19.9. The molecule has 216 valence electrons. The van der Waals surface area contributed by atoms with Gasteiger partial charge in [-0.3, -0.25) is 5.73 Å². The van der Waals surface area contributed by atoms with Gasteiger partial charge in [0, 0.05) is 0 Å². The molecule has 0 saturated carbocycles. The van der Waals surface area contributed by atoms with E-state index in [1.807, 2.05) is 13.8 Å². The Bertz CT molecular complexity index is 527. The van der Waals surface area contributed by atoms with Crippen molar-refractivity contribution >= 4 is 5.97 Å². The highest BCUT2D eigenvalue weighted by atomic mass is 16.7. The second-order valence-corrected chi connectivity index (χ2v) is 11.4. The van der Waals surface area contributed by atoms with Crippen LogP contribution in [-0.2, 0) is 19.0 Å². The van der Waals surface area contributed by atoms with Gasteiger partial charge in [0.1, 0.15) is 0 Å². The summed E-state index contributed by atoms with van der Waals surface area (Å²) in [5, 5.41) is 10.2. The van der Waals surface area contributed by atoms with Crippen LogP contribution in [0.15, 0.2) is 0 Å². The van der Waals surface area contributed by atoms with Gasteiger partial charge in [0.05, 0.1) is 18.3 Å². The molecular formula is C30H61NO5. The van der Waals surface area contributed by atoms with Gasteiger partial charge >= 0.3 is 11.8 Å². The third-order valence-corrected chi connectivity index (χ3v) is 6.49. The van der Waals surface area contributed by atoms with E-state index >= 15 is 0 Å². The summed E-state index contributed by atoms with van der Waals surface area (Å²) in [4.78, 5) is 12.5. The van der Waals surface area contributed by atoms with E-state index < -0.39 is 17.5 Å². The van der Waals surface area contributed by atoms with Gasteiger partial charge in [0.25, 0.3) is 0 Å². The summed E-state index contributed by atoms with van der Waals surface area (Å²) >= 11 is 0. The fraction of sp³-hybridized carbons (Fsp3) is 0.967. The zero-order valence-corrected chi connectivity index (χ0v) is 24.9. The number of hydrogen-bond acceptors (Lipinski definition) is 5. The summed E-state index contributed by atoms with van der Waals surface area (Å²) in [6.07, 6.45) is 19.8. The van der Waals surface area contributed by atoms with E-state index in [2.05, 4.69) is 6.92 Å². The lowest BCUT2D eigenvalue weighted by Gasteiger charge is -2.46. The minimum absolute atomic E-state index is 0.263. The topological polar surface area (TPSA) is 91.0 Å². The van der Waals surface area contributed by atoms with E-state index in [1.165, 1.54) is 83.5 Å². The fourth-order valence-electron chi connectivity index (χ4n) is 4.83. The van der Waals surface area contributed by atoms with Crippen LogP contribution >= 0.6 is 0 Å². The number of hydrogen-bond donors (Lipinski definition) is 2. The van der Waals surface area contributed by atoms with Gasteiger partial charge in [0.2, 0.25) is 0 Å². The van der Waals surface area contributed by atoms with E-state index in [9.17, 15) is 9.90 Å². The van der Waals surface area contributed by atoms with Crippen LogP contribution < -0.4 is 5.73 Å². The third-order valence-electron chi connectivity index (χ3n) is 6.49. The minimum atomic E-state index is -2.06. The number of carbonyl (C=O) groups is 1. The van der Waals surface area contributed by atoms with Crippen LogP contribution in [0.2, 0.25) is 0 Å². The van der Waals surface area contributed by atoms with Gasteiger partial charge in [0.15, 0.2) is 5.72 Å². The molecule has 0 aromatic heterocycles. The summed E-state index contributed by atoms with van der Waals surface area (Å²) in [6, 6.07) is 0. The second-order valence-electron chi connectivity index (χ2n) is 11.4. The average molecular weight is 516 g/mol. The van der Waals surface area contributed by atoms with E-state index in [-0.39, 0.29) is 18.3 Å². The summed E-state index contributed by atoms with van der Waals surface area (Å²) in [5.74, 6) is -3.31. The highest BCUT2D eigenvalue weighted by Gasteiger charge is 2.60. The van der Waals surface area contributed by atoms with Crippen LogP contribution in [0.5, 0.6) is 0 Å². The first-order valence-corrected chi connectivity index (χ1v) is 15.1. The van der Waals surface area contributed by atoms with Crippen molar-refractivity contribution in [1.82, 2.24) is 0 Å². The Balaban J connectivity index is 4.42. The Morgan fingerprint density at radius 3 is 1.19 bits per heavy atom. The molecule has 6 heteroatoms. The normalized spacial score (nSPS) is 14.2. The Labute approximate surface area is 223 Å². The number of ether oxygens (including phenoxy) is 3. The lowest BCUT2D eigenvalue weighted by molar-refractivity contribution is -0.346. The highest BCUT2D eigenvalue weighted by molar-refractivity contribution is 5.77. The maximum Gasteiger partial charge on any atom is 0.369 e. The Hall–Kier alpha value is -0.690. The van der Waals surface area contributed by atoms with E-state index in [0.29, 0.717) is 6.42 Å². The van der Waals surface area contributed by atoms with Gasteiger partial charge in [-0.25, -0.2) is 4.79 Å². The van der Waals surface area contributed by atoms with Crippen LogP contribution in [0.1, 0.15) is 158 Å². The first-order valence-electron chi connectivity index (χ1n) is 15.1. The van der Waals surface area contributed by atoms with Crippen molar-refractivity contribution in [2.45, 2.75) is 187 Å². The molecule has 0 aromatic rings. The molecule has 36 heavy (non-hydrogen) atoms. The lowest BCUT2D eigenvalue weighted by atomic mass is 9.94. The Morgan fingerprint density at radius 2 is 0.917 bits per heavy atom. The molecule has 0 spiro atoms. The molecular weight excluding hydrogens is 454 g/mol. The molecule has 1 unspecified atom stereocenters. The number of carboxylic acids is 1. The van der Waals surface area contributed by atoms with Crippen LogP contribution in [-0.4, -0.2) is 40.9 Å². The van der Waals surface area contributed by atoms with Crippen molar-refractivity contribution in [3.8, 4) is 0 Å². The molecule has 0 fully saturated rings. The summed E-state index contributed by atoms with van der Waals surface area (Å²) < 4.78 is 17.8. The minimum Gasteiger partial charge on any atom is -0.477 e. The maximum atomic E-state index is 12.5. The number of nitrogens with two attached hydrogens (primary N) is 1. The molecule has 0 heterocycles. The predicted octanol–water partition coefficient (Wildman–Crippen LogP) is 8.35. The van der Waals surface area contributed by atoms with Crippen molar-refractivity contribution in [1.29, 1.82) is 0 Å². The SMILES string of the molecule is CCCCCCCCCCCCCCCCCCC(N)(OC(C)C)C(OC(C)C)(OC(C)C)C(=O)O. The van der Waals surface area contributed by atoms with Gasteiger partial charge < -0.3 is 19.3 Å². The molecule has 0 saturated heterocycles. The van der Waals surface area contributed by atoms with E-state index in [4.69, 9.17) is 19.9 Å². The van der Waals surface area contributed by atoms with Gasteiger partial charge in [-0.15, -0.1) is 0 Å². The molecule has 0 rings (SSSR count). The fourth-order valence-corrected chi connectivity index (χ4v) is 4.83. The molecule has 0 radical (unpaired) electrons. The molecule has 6 nitrogen and oxygen atoms in total. The van der Waals surface area contributed by atoms with Crippen molar-refractivity contribution in [2.24, 2.45) is 5.73 Å². The molecule has 0 aliphatic heterocycles. The number of unbranched alkanes of at least 4 members (excludes halogenated alkanes) is 15. The molecule has 1 atom stereocenters. The Morgan fingerprint density at radius 1 is 0.611 bits per heavy atom. The zero-order valence-electron chi connectivity index (χ0n) is 24.9. The predicted molar refractivity (Wildman–Crippen MR) is 150 cm³/mol. The smallest absolute Gasteiger partial charge is 0.369 e. The quantitative estimate of drug-likeness (QED) is 0.0937. The summed E-state index contributed by atoms with van der Waals surface area (Å²) in [7, 11) is 0. The number of rotatable bonds is 25. The third kappa shape index (κ3) is 14.9. The molecule has 0 amide bonds. The summed E-state index contributed by atoms with van der Waals surface area (Å²) in [6.45, 7) is 13.1. The van der Waals surface area contributed by atoms with Gasteiger partial charge in [-0.05, 0) is 54.4 Å². The zero-order chi connectivity index (χ0) is 27.5.